The first-order valence-corrected chi connectivity index (χ1v) is 9.44. The topological polar surface area (TPSA) is 94.3 Å². The second-order valence-electron chi connectivity index (χ2n) is 5.59. The van der Waals surface area contributed by atoms with Crippen molar-refractivity contribution in [2.75, 3.05) is 6.61 Å². The Hall–Kier alpha value is -2.71. The highest BCUT2D eigenvalue weighted by Gasteiger charge is 2.12. The number of halogens is 1. The number of nitrogens with one attached hydrogen (secondary N) is 1. The molecule has 0 fully saturated rings. The molecule has 0 saturated heterocycles. The van der Waals surface area contributed by atoms with Gasteiger partial charge in [-0.05, 0) is 29.1 Å². The van der Waals surface area contributed by atoms with Gasteiger partial charge in [-0.2, -0.15) is 16.3 Å². The zero-order valence-corrected chi connectivity index (χ0v) is 15.8. The zero-order chi connectivity index (χ0) is 19.1. The highest BCUT2D eigenvalue weighted by Crippen LogP contribution is 2.19. The molecule has 7 nitrogen and oxygen atoms in total. The number of esters is 1. The van der Waals surface area contributed by atoms with Crippen LogP contribution in [-0.2, 0) is 27.3 Å². The Morgan fingerprint density at radius 1 is 1.22 bits per heavy atom. The summed E-state index contributed by atoms with van der Waals surface area (Å²) < 4.78 is 10.1. The summed E-state index contributed by atoms with van der Waals surface area (Å²) in [5, 5.41) is 11.0. The minimum absolute atomic E-state index is 0.0513. The van der Waals surface area contributed by atoms with Gasteiger partial charge in [-0.25, -0.2) is 0 Å². The van der Waals surface area contributed by atoms with E-state index in [2.05, 4.69) is 15.5 Å². The molecule has 1 N–H and O–H groups in total. The summed E-state index contributed by atoms with van der Waals surface area (Å²) >= 11 is 7.34. The Morgan fingerprint density at radius 3 is 2.78 bits per heavy atom. The summed E-state index contributed by atoms with van der Waals surface area (Å²) in [5.74, 6) is -0.0516. The van der Waals surface area contributed by atoms with Crippen molar-refractivity contribution in [3.8, 4) is 11.4 Å². The van der Waals surface area contributed by atoms with Crippen LogP contribution in [0.5, 0.6) is 0 Å². The fourth-order valence-corrected chi connectivity index (χ4v) is 2.91. The average molecular weight is 406 g/mol. The molecule has 0 aliphatic carbocycles. The van der Waals surface area contributed by atoms with Crippen LogP contribution in [0, 0.1) is 0 Å². The van der Waals surface area contributed by atoms with Crippen LogP contribution in [0.15, 0.2) is 45.6 Å². The van der Waals surface area contributed by atoms with E-state index in [-0.39, 0.29) is 25.4 Å². The Kier molecular flexibility index (Phi) is 6.56. The Bertz CT molecular complexity index is 894. The van der Waals surface area contributed by atoms with Crippen molar-refractivity contribution in [3.63, 3.8) is 0 Å². The molecule has 3 rings (SSSR count). The van der Waals surface area contributed by atoms with Gasteiger partial charge in [-0.15, -0.1) is 0 Å². The molecule has 0 saturated carbocycles. The number of thiophene rings is 1. The number of nitrogens with zero attached hydrogens (tertiary/aromatic N) is 2. The number of rotatable bonds is 8. The molecule has 0 spiro atoms. The van der Waals surface area contributed by atoms with Gasteiger partial charge in [-0.3, -0.25) is 9.59 Å². The second-order valence-corrected chi connectivity index (χ2v) is 6.80. The molecule has 3 aromatic rings. The second kappa shape index (κ2) is 9.29. The van der Waals surface area contributed by atoms with Crippen LogP contribution in [0.4, 0.5) is 0 Å². The number of carbonyl (C=O) groups is 2. The maximum absolute atomic E-state index is 11.8. The lowest BCUT2D eigenvalue weighted by atomic mass is 10.2. The molecule has 0 aliphatic heterocycles. The van der Waals surface area contributed by atoms with Crippen LogP contribution >= 0.6 is 22.9 Å². The lowest BCUT2D eigenvalue weighted by Gasteiger charge is -2.06. The quantitative estimate of drug-likeness (QED) is 0.578. The highest BCUT2D eigenvalue weighted by molar-refractivity contribution is 7.08. The van der Waals surface area contributed by atoms with E-state index in [1.807, 2.05) is 29.0 Å². The Labute approximate surface area is 164 Å². The summed E-state index contributed by atoms with van der Waals surface area (Å²) in [6, 6.07) is 8.98. The number of aryl methyl sites for hydroxylation is 1. The van der Waals surface area contributed by atoms with Gasteiger partial charge in [0.15, 0.2) is 6.61 Å². The highest BCUT2D eigenvalue weighted by atomic mass is 35.5. The minimum Gasteiger partial charge on any atom is -0.456 e. The number of amides is 1. The standard InChI is InChI=1S/C18H16ClN3O4S/c19-14-3-1-12(2-4-14)9-20-15(23)10-25-17(24)6-5-16-21-18(22-26-16)13-7-8-27-11-13/h1-4,7-8,11H,5-6,9-10H2,(H,20,23). The van der Waals surface area contributed by atoms with Crippen molar-refractivity contribution in [1.82, 2.24) is 15.5 Å². The minimum atomic E-state index is -0.507. The van der Waals surface area contributed by atoms with E-state index in [4.69, 9.17) is 20.9 Å². The van der Waals surface area contributed by atoms with Crippen molar-refractivity contribution in [2.45, 2.75) is 19.4 Å². The molecule has 2 heterocycles. The zero-order valence-electron chi connectivity index (χ0n) is 14.2. The molecule has 27 heavy (non-hydrogen) atoms. The third-order valence-electron chi connectivity index (χ3n) is 3.56. The van der Waals surface area contributed by atoms with Gasteiger partial charge in [0, 0.05) is 28.9 Å². The number of hydrogen-bond acceptors (Lipinski definition) is 7. The molecular formula is C18H16ClN3O4S. The number of aromatic nitrogens is 2. The van der Waals surface area contributed by atoms with E-state index in [0.29, 0.717) is 23.3 Å². The summed E-state index contributed by atoms with van der Waals surface area (Å²) in [7, 11) is 0. The van der Waals surface area contributed by atoms with E-state index < -0.39 is 5.97 Å². The van der Waals surface area contributed by atoms with Crippen LogP contribution in [0.3, 0.4) is 0 Å². The lowest BCUT2D eigenvalue weighted by molar-refractivity contribution is -0.148. The van der Waals surface area contributed by atoms with Crippen molar-refractivity contribution in [1.29, 1.82) is 0 Å². The van der Waals surface area contributed by atoms with Gasteiger partial charge in [0.1, 0.15) is 0 Å². The van der Waals surface area contributed by atoms with E-state index in [9.17, 15) is 9.59 Å². The van der Waals surface area contributed by atoms with Gasteiger partial charge < -0.3 is 14.6 Å². The van der Waals surface area contributed by atoms with E-state index >= 15 is 0 Å². The third kappa shape index (κ3) is 5.90. The predicted molar refractivity (Wildman–Crippen MR) is 100 cm³/mol. The van der Waals surface area contributed by atoms with Crippen molar-refractivity contribution >= 4 is 34.8 Å². The van der Waals surface area contributed by atoms with Gasteiger partial charge >= 0.3 is 5.97 Å². The van der Waals surface area contributed by atoms with Crippen molar-refractivity contribution < 1.29 is 18.8 Å². The molecular weight excluding hydrogens is 390 g/mol. The van der Waals surface area contributed by atoms with Gasteiger partial charge in [0.2, 0.25) is 11.7 Å². The van der Waals surface area contributed by atoms with E-state index in [1.165, 1.54) is 11.3 Å². The monoisotopic (exact) mass is 405 g/mol. The molecule has 0 unspecified atom stereocenters. The summed E-state index contributed by atoms with van der Waals surface area (Å²) in [6.45, 7) is -0.00267. The Balaban J connectivity index is 1.35. The van der Waals surface area contributed by atoms with Crippen LogP contribution in [0.1, 0.15) is 17.9 Å². The first kappa shape index (κ1) is 19.1. The maximum Gasteiger partial charge on any atom is 0.306 e. The fourth-order valence-electron chi connectivity index (χ4n) is 2.15. The van der Waals surface area contributed by atoms with Crippen LogP contribution < -0.4 is 5.32 Å². The number of ether oxygens (including phenoxy) is 1. The molecule has 140 valence electrons. The van der Waals surface area contributed by atoms with Crippen LogP contribution in [0.25, 0.3) is 11.4 Å². The number of benzene rings is 1. The molecule has 9 heteroatoms. The summed E-state index contributed by atoms with van der Waals surface area (Å²) in [6.07, 6.45) is 0.304. The molecule has 1 aromatic carbocycles. The smallest absolute Gasteiger partial charge is 0.306 e. The predicted octanol–water partition coefficient (Wildman–Crippen LogP) is 3.24. The SMILES string of the molecule is O=C(COC(=O)CCc1nc(-c2ccsc2)no1)NCc1ccc(Cl)cc1. The first-order valence-electron chi connectivity index (χ1n) is 8.12. The molecule has 0 aliphatic rings. The van der Waals surface area contributed by atoms with Crippen molar-refractivity contribution in [3.05, 3.63) is 57.6 Å². The Morgan fingerprint density at radius 2 is 2.04 bits per heavy atom. The third-order valence-corrected chi connectivity index (χ3v) is 4.49. The van der Waals surface area contributed by atoms with Crippen LogP contribution in [0.2, 0.25) is 5.02 Å². The number of hydrogen-bond donors (Lipinski definition) is 1. The summed E-state index contributed by atoms with van der Waals surface area (Å²) in [4.78, 5) is 27.7. The lowest BCUT2D eigenvalue weighted by Crippen LogP contribution is -2.28. The fraction of sp³-hybridized carbons (Fsp3) is 0.222. The van der Waals surface area contributed by atoms with E-state index in [1.54, 1.807) is 12.1 Å². The average Bonchev–Trinajstić information content (AvgIpc) is 3.35. The molecule has 0 atom stereocenters. The normalized spacial score (nSPS) is 10.6. The largest absolute Gasteiger partial charge is 0.456 e. The van der Waals surface area contributed by atoms with Crippen molar-refractivity contribution in [2.24, 2.45) is 0 Å². The molecule has 0 bridgehead atoms. The molecule has 1 amide bonds. The van der Waals surface area contributed by atoms with E-state index in [0.717, 1.165) is 11.1 Å². The number of carbonyl (C=O) groups excluding carboxylic acids is 2. The van der Waals surface area contributed by atoms with Gasteiger partial charge in [-0.1, -0.05) is 28.9 Å². The van der Waals surface area contributed by atoms with Gasteiger partial charge in [0.05, 0.1) is 6.42 Å². The molecule has 2 aromatic heterocycles. The molecule has 0 radical (unpaired) electrons. The maximum atomic E-state index is 11.8. The van der Waals surface area contributed by atoms with Gasteiger partial charge in [0.25, 0.3) is 5.91 Å². The van der Waals surface area contributed by atoms with Crippen LogP contribution in [-0.4, -0.2) is 28.6 Å². The summed E-state index contributed by atoms with van der Waals surface area (Å²) in [5.41, 5.74) is 1.77. The first-order chi connectivity index (χ1) is 13.1.